The lowest BCUT2D eigenvalue weighted by Gasteiger charge is -2.09. The summed E-state index contributed by atoms with van der Waals surface area (Å²) in [5.74, 6) is 0. The first-order valence-electron chi connectivity index (χ1n) is 8.13. The molecule has 0 amide bonds. The smallest absolute Gasteiger partial charge is 0.336 e. The number of benzene rings is 2. The standard InChI is InChI=1S/C19H19NO4S/c1-2-3-4-14-5-8-16(9-6-14)20-25(22,23)17-10-11-18-15(13-17)7-12-19(21)24-18/h5-13,20H,2-4H2,1H3. The molecule has 0 saturated heterocycles. The van der Waals surface area contributed by atoms with Crippen LogP contribution in [0.2, 0.25) is 0 Å². The van der Waals surface area contributed by atoms with E-state index in [1.807, 2.05) is 12.1 Å². The van der Waals surface area contributed by atoms with Gasteiger partial charge in [0.15, 0.2) is 0 Å². The Kier molecular flexibility index (Phi) is 4.90. The van der Waals surface area contributed by atoms with Gasteiger partial charge in [0, 0.05) is 17.1 Å². The lowest BCUT2D eigenvalue weighted by molar-refractivity contribution is 0.560. The van der Waals surface area contributed by atoms with Crippen molar-refractivity contribution in [2.75, 3.05) is 4.72 Å². The predicted octanol–water partition coefficient (Wildman–Crippen LogP) is 3.94. The van der Waals surface area contributed by atoms with Gasteiger partial charge in [-0.1, -0.05) is 25.5 Å². The molecule has 0 unspecified atom stereocenters. The van der Waals surface area contributed by atoms with E-state index in [-0.39, 0.29) is 4.90 Å². The highest BCUT2D eigenvalue weighted by molar-refractivity contribution is 7.92. The molecule has 5 nitrogen and oxygen atoms in total. The van der Waals surface area contributed by atoms with Gasteiger partial charge >= 0.3 is 5.63 Å². The minimum atomic E-state index is -3.71. The van der Waals surface area contributed by atoms with E-state index in [0.717, 1.165) is 19.3 Å². The maximum Gasteiger partial charge on any atom is 0.336 e. The third-order valence-electron chi connectivity index (χ3n) is 3.93. The van der Waals surface area contributed by atoms with Crippen molar-refractivity contribution in [3.63, 3.8) is 0 Å². The molecule has 6 heteroatoms. The predicted molar refractivity (Wildman–Crippen MR) is 98.3 cm³/mol. The molecule has 3 rings (SSSR count). The second kappa shape index (κ2) is 7.11. The first-order chi connectivity index (χ1) is 12.0. The largest absolute Gasteiger partial charge is 0.423 e. The summed E-state index contributed by atoms with van der Waals surface area (Å²) in [6.07, 6.45) is 3.22. The Bertz CT molecular complexity index is 1040. The van der Waals surface area contributed by atoms with Crippen LogP contribution in [0.5, 0.6) is 0 Å². The summed E-state index contributed by atoms with van der Waals surface area (Å²) in [6.45, 7) is 2.14. The average Bonchev–Trinajstić information content (AvgIpc) is 2.60. The molecule has 0 atom stereocenters. The summed E-state index contributed by atoms with van der Waals surface area (Å²) >= 11 is 0. The molecule has 1 aromatic heterocycles. The van der Waals surface area contributed by atoms with Crippen LogP contribution in [0.3, 0.4) is 0 Å². The molecule has 25 heavy (non-hydrogen) atoms. The molecule has 0 spiro atoms. The molecule has 2 aromatic carbocycles. The molecule has 0 fully saturated rings. The fraction of sp³-hybridized carbons (Fsp3) is 0.211. The van der Waals surface area contributed by atoms with E-state index in [9.17, 15) is 13.2 Å². The maximum atomic E-state index is 12.6. The fourth-order valence-electron chi connectivity index (χ4n) is 2.55. The Morgan fingerprint density at radius 3 is 2.48 bits per heavy atom. The Labute approximate surface area is 146 Å². The van der Waals surface area contributed by atoms with E-state index in [2.05, 4.69) is 11.6 Å². The Balaban J connectivity index is 1.84. The van der Waals surface area contributed by atoms with Crippen LogP contribution >= 0.6 is 0 Å². The van der Waals surface area contributed by atoms with Crippen molar-refractivity contribution in [3.05, 3.63) is 70.6 Å². The summed E-state index contributed by atoms with van der Waals surface area (Å²) in [7, 11) is -3.71. The van der Waals surface area contributed by atoms with Crippen LogP contribution in [0.4, 0.5) is 5.69 Å². The second-order valence-corrected chi connectivity index (χ2v) is 7.54. The van der Waals surface area contributed by atoms with E-state index in [1.54, 1.807) is 18.2 Å². The fourth-order valence-corrected chi connectivity index (χ4v) is 3.65. The third-order valence-corrected chi connectivity index (χ3v) is 5.31. The van der Waals surface area contributed by atoms with Crippen LogP contribution in [0, 0.1) is 0 Å². The number of rotatable bonds is 6. The number of anilines is 1. The van der Waals surface area contributed by atoms with Crippen molar-refractivity contribution in [1.29, 1.82) is 0 Å². The van der Waals surface area contributed by atoms with Crippen LogP contribution in [0.15, 0.2) is 68.7 Å². The lowest BCUT2D eigenvalue weighted by atomic mass is 10.1. The topological polar surface area (TPSA) is 76.4 Å². The van der Waals surface area contributed by atoms with E-state index in [1.165, 1.54) is 29.8 Å². The van der Waals surface area contributed by atoms with Gasteiger partial charge in [0.05, 0.1) is 4.90 Å². The number of fused-ring (bicyclic) bond motifs is 1. The van der Waals surface area contributed by atoms with Crippen LogP contribution in [-0.2, 0) is 16.4 Å². The second-order valence-electron chi connectivity index (χ2n) is 5.86. The Morgan fingerprint density at radius 2 is 1.76 bits per heavy atom. The summed E-state index contributed by atoms with van der Waals surface area (Å²) in [4.78, 5) is 11.3. The van der Waals surface area contributed by atoms with Gasteiger partial charge in [0.1, 0.15) is 5.58 Å². The first-order valence-corrected chi connectivity index (χ1v) is 9.62. The van der Waals surface area contributed by atoms with Crippen LogP contribution in [0.1, 0.15) is 25.3 Å². The van der Waals surface area contributed by atoms with Gasteiger partial charge in [0.25, 0.3) is 10.0 Å². The number of nitrogens with one attached hydrogen (secondary N) is 1. The molecular weight excluding hydrogens is 338 g/mol. The van der Waals surface area contributed by atoms with Crippen molar-refractivity contribution in [2.24, 2.45) is 0 Å². The van der Waals surface area contributed by atoms with Crippen LogP contribution in [0.25, 0.3) is 11.0 Å². The highest BCUT2D eigenvalue weighted by atomic mass is 32.2. The van der Waals surface area contributed by atoms with E-state index in [0.29, 0.717) is 16.7 Å². The van der Waals surface area contributed by atoms with Gasteiger partial charge in [0.2, 0.25) is 0 Å². The number of hydrogen-bond acceptors (Lipinski definition) is 4. The SMILES string of the molecule is CCCCc1ccc(NS(=O)(=O)c2ccc3oc(=O)ccc3c2)cc1. The summed E-state index contributed by atoms with van der Waals surface area (Å²) in [5, 5.41) is 0.553. The quantitative estimate of drug-likeness (QED) is 0.678. The third kappa shape index (κ3) is 4.09. The average molecular weight is 357 g/mol. The molecule has 130 valence electrons. The normalized spacial score (nSPS) is 11.6. The highest BCUT2D eigenvalue weighted by Gasteiger charge is 2.15. The first kappa shape index (κ1) is 17.2. The molecule has 1 N–H and O–H groups in total. The van der Waals surface area contributed by atoms with Crippen LogP contribution in [-0.4, -0.2) is 8.42 Å². The molecule has 0 bridgehead atoms. The zero-order valence-corrected chi connectivity index (χ0v) is 14.7. The lowest BCUT2D eigenvalue weighted by Crippen LogP contribution is -2.13. The van der Waals surface area contributed by atoms with Crippen molar-refractivity contribution in [3.8, 4) is 0 Å². The molecule has 0 saturated carbocycles. The van der Waals surface area contributed by atoms with Crippen molar-refractivity contribution < 1.29 is 12.8 Å². The minimum Gasteiger partial charge on any atom is -0.423 e. The maximum absolute atomic E-state index is 12.6. The molecule has 0 aliphatic heterocycles. The Hall–Kier alpha value is -2.60. The molecular formula is C19H19NO4S. The molecule has 1 heterocycles. The summed E-state index contributed by atoms with van der Waals surface area (Å²) in [6, 6.07) is 14.6. The van der Waals surface area contributed by atoms with Crippen LogP contribution < -0.4 is 10.3 Å². The number of sulfonamides is 1. The summed E-state index contributed by atoms with van der Waals surface area (Å²) in [5.41, 5.74) is 1.58. The van der Waals surface area contributed by atoms with E-state index >= 15 is 0 Å². The minimum absolute atomic E-state index is 0.115. The number of unbranched alkanes of at least 4 members (excludes halogenated alkanes) is 1. The van der Waals surface area contributed by atoms with Crippen molar-refractivity contribution in [2.45, 2.75) is 31.1 Å². The van der Waals surface area contributed by atoms with Gasteiger partial charge < -0.3 is 4.42 Å². The monoisotopic (exact) mass is 357 g/mol. The van der Waals surface area contributed by atoms with E-state index in [4.69, 9.17) is 4.42 Å². The number of aryl methyl sites for hydroxylation is 1. The van der Waals surface area contributed by atoms with Gasteiger partial charge in [-0.25, -0.2) is 13.2 Å². The zero-order valence-electron chi connectivity index (χ0n) is 13.9. The molecule has 0 aliphatic rings. The van der Waals surface area contributed by atoms with Crippen molar-refractivity contribution in [1.82, 2.24) is 0 Å². The van der Waals surface area contributed by atoms with Gasteiger partial charge in [-0.3, -0.25) is 4.72 Å². The molecule has 0 aliphatic carbocycles. The van der Waals surface area contributed by atoms with Gasteiger partial charge in [-0.2, -0.15) is 0 Å². The number of hydrogen-bond donors (Lipinski definition) is 1. The van der Waals surface area contributed by atoms with Gasteiger partial charge in [-0.15, -0.1) is 0 Å². The molecule has 3 aromatic rings. The molecule has 0 radical (unpaired) electrons. The summed E-state index contributed by atoms with van der Waals surface area (Å²) < 4.78 is 32.7. The zero-order chi connectivity index (χ0) is 17.9. The van der Waals surface area contributed by atoms with E-state index < -0.39 is 15.6 Å². The highest BCUT2D eigenvalue weighted by Crippen LogP contribution is 2.21. The van der Waals surface area contributed by atoms with Gasteiger partial charge in [-0.05, 0) is 54.8 Å². The van der Waals surface area contributed by atoms with Crippen molar-refractivity contribution >= 4 is 26.7 Å². The Morgan fingerprint density at radius 1 is 1.00 bits per heavy atom.